The summed E-state index contributed by atoms with van der Waals surface area (Å²) in [6, 6.07) is 4.05. The van der Waals surface area contributed by atoms with Crippen LogP contribution in [0.3, 0.4) is 0 Å². The van der Waals surface area contributed by atoms with Gasteiger partial charge in [-0.25, -0.2) is 0 Å². The fraction of sp³-hybridized carbons (Fsp3) is 0.600. The molecule has 2 aliphatic rings. The van der Waals surface area contributed by atoms with Crippen molar-refractivity contribution in [2.75, 3.05) is 45.9 Å². The highest BCUT2D eigenvalue weighted by molar-refractivity contribution is 6.30. The molecule has 0 spiro atoms. The van der Waals surface area contributed by atoms with E-state index in [9.17, 15) is 0 Å². The van der Waals surface area contributed by atoms with Crippen LogP contribution in [0, 0.1) is 0 Å². The van der Waals surface area contributed by atoms with Crippen molar-refractivity contribution in [3.63, 3.8) is 0 Å². The number of ether oxygens (including phenoxy) is 1. The van der Waals surface area contributed by atoms with E-state index >= 15 is 0 Å². The van der Waals surface area contributed by atoms with Gasteiger partial charge in [-0.3, -0.25) is 9.80 Å². The lowest BCUT2D eigenvalue weighted by molar-refractivity contribution is 0.108. The lowest BCUT2D eigenvalue weighted by Crippen LogP contribution is -2.46. The highest BCUT2D eigenvalue weighted by Crippen LogP contribution is 2.33. The van der Waals surface area contributed by atoms with Gasteiger partial charge in [0, 0.05) is 56.3 Å². The van der Waals surface area contributed by atoms with Gasteiger partial charge in [-0.2, -0.15) is 0 Å². The Morgan fingerprint density at radius 2 is 1.90 bits per heavy atom. The summed E-state index contributed by atoms with van der Waals surface area (Å²) in [5, 5.41) is 9.78. The maximum Gasteiger partial charge on any atom is 0.127 e. The molecule has 5 heteroatoms. The van der Waals surface area contributed by atoms with Gasteiger partial charge in [0.15, 0.2) is 0 Å². The van der Waals surface area contributed by atoms with Gasteiger partial charge in [0.25, 0.3) is 0 Å². The molecule has 1 saturated heterocycles. The Hall–Kier alpha value is -0.810. The van der Waals surface area contributed by atoms with E-state index < -0.39 is 0 Å². The Labute approximate surface area is 124 Å². The molecule has 3 rings (SSSR count). The molecule has 1 aromatic rings. The predicted octanol–water partition coefficient (Wildman–Crippen LogP) is 1.38. The van der Waals surface area contributed by atoms with Crippen molar-refractivity contribution in [1.29, 1.82) is 0 Å². The van der Waals surface area contributed by atoms with Gasteiger partial charge in [0.1, 0.15) is 5.75 Å². The summed E-state index contributed by atoms with van der Waals surface area (Å²) in [5.74, 6) is 1.05. The van der Waals surface area contributed by atoms with Crippen molar-refractivity contribution in [3.05, 3.63) is 28.3 Å². The Morgan fingerprint density at radius 3 is 2.65 bits per heavy atom. The maximum atomic E-state index is 8.97. The van der Waals surface area contributed by atoms with Gasteiger partial charge in [-0.05, 0) is 17.7 Å². The smallest absolute Gasteiger partial charge is 0.127 e. The van der Waals surface area contributed by atoms with Crippen LogP contribution in [0.15, 0.2) is 12.1 Å². The summed E-state index contributed by atoms with van der Waals surface area (Å²) in [6.07, 6.45) is 0.965. The topological polar surface area (TPSA) is 35.9 Å². The van der Waals surface area contributed by atoms with Crippen LogP contribution in [0.25, 0.3) is 0 Å². The van der Waals surface area contributed by atoms with Crippen LogP contribution < -0.4 is 4.74 Å². The zero-order valence-electron chi connectivity index (χ0n) is 11.6. The van der Waals surface area contributed by atoms with E-state index in [4.69, 9.17) is 21.4 Å². The summed E-state index contributed by atoms with van der Waals surface area (Å²) in [6.45, 7) is 6.79. The first-order chi connectivity index (χ1) is 9.76. The maximum absolute atomic E-state index is 8.97. The zero-order valence-corrected chi connectivity index (χ0v) is 12.4. The molecule has 0 radical (unpaired) electrons. The molecule has 0 amide bonds. The van der Waals surface area contributed by atoms with Gasteiger partial charge in [0.2, 0.25) is 0 Å². The van der Waals surface area contributed by atoms with Crippen molar-refractivity contribution < 1.29 is 9.84 Å². The fourth-order valence-electron chi connectivity index (χ4n) is 3.02. The van der Waals surface area contributed by atoms with Crippen LogP contribution in [0.4, 0.5) is 0 Å². The number of hydrogen-bond acceptors (Lipinski definition) is 4. The number of rotatable bonds is 4. The average molecular weight is 297 g/mol. The van der Waals surface area contributed by atoms with E-state index in [1.165, 1.54) is 11.1 Å². The van der Waals surface area contributed by atoms with E-state index in [1.807, 2.05) is 12.1 Å². The Morgan fingerprint density at radius 1 is 1.15 bits per heavy atom. The molecule has 1 aromatic carbocycles. The normalized spacial score (nSPS) is 19.9. The third kappa shape index (κ3) is 3.09. The first-order valence-electron chi connectivity index (χ1n) is 7.26. The molecule has 2 heterocycles. The molecule has 4 nitrogen and oxygen atoms in total. The first kappa shape index (κ1) is 14.1. The number of fused-ring (bicyclic) bond motifs is 1. The fourth-order valence-corrected chi connectivity index (χ4v) is 3.28. The van der Waals surface area contributed by atoms with Crippen molar-refractivity contribution >= 4 is 11.6 Å². The second-order valence-electron chi connectivity index (χ2n) is 5.49. The number of halogens is 1. The van der Waals surface area contributed by atoms with E-state index in [-0.39, 0.29) is 6.61 Å². The Balaban J connectivity index is 1.64. The minimum absolute atomic E-state index is 0.246. The summed E-state index contributed by atoms with van der Waals surface area (Å²) < 4.78 is 5.76. The number of piperazine rings is 1. The standard InChI is InChI=1S/C15H21ClN2O2/c16-14-9-12-1-8-20-15(12)13(10-14)11-18-4-2-17(3-5-18)6-7-19/h9-10,19H,1-8,11H2. The molecule has 20 heavy (non-hydrogen) atoms. The summed E-state index contributed by atoms with van der Waals surface area (Å²) in [5.41, 5.74) is 2.45. The lowest BCUT2D eigenvalue weighted by atomic mass is 10.1. The van der Waals surface area contributed by atoms with Crippen LogP contribution in [0.2, 0.25) is 5.02 Å². The van der Waals surface area contributed by atoms with Gasteiger partial charge < -0.3 is 9.84 Å². The summed E-state index contributed by atoms with van der Waals surface area (Å²) >= 11 is 6.20. The average Bonchev–Trinajstić information content (AvgIpc) is 2.89. The molecule has 110 valence electrons. The van der Waals surface area contributed by atoms with Gasteiger partial charge in [0.05, 0.1) is 13.2 Å². The monoisotopic (exact) mass is 296 g/mol. The predicted molar refractivity (Wildman–Crippen MR) is 79.5 cm³/mol. The molecule has 0 bridgehead atoms. The third-order valence-corrected chi connectivity index (χ3v) is 4.32. The second-order valence-corrected chi connectivity index (χ2v) is 5.93. The number of benzene rings is 1. The van der Waals surface area contributed by atoms with Crippen molar-refractivity contribution in [2.45, 2.75) is 13.0 Å². The van der Waals surface area contributed by atoms with Crippen LogP contribution in [0.5, 0.6) is 5.75 Å². The highest BCUT2D eigenvalue weighted by atomic mass is 35.5. The number of nitrogens with zero attached hydrogens (tertiary/aromatic N) is 2. The van der Waals surface area contributed by atoms with Crippen LogP contribution >= 0.6 is 11.6 Å². The third-order valence-electron chi connectivity index (χ3n) is 4.10. The van der Waals surface area contributed by atoms with Crippen LogP contribution in [-0.4, -0.2) is 60.8 Å². The number of aliphatic hydroxyl groups is 1. The van der Waals surface area contributed by atoms with Gasteiger partial charge in [-0.1, -0.05) is 11.6 Å². The number of β-amino-alcohol motifs (C(OH)–C–C–N with tert-alkyl or cyclic N) is 1. The van der Waals surface area contributed by atoms with Gasteiger partial charge >= 0.3 is 0 Å². The Kier molecular flexibility index (Phi) is 4.46. The largest absolute Gasteiger partial charge is 0.493 e. The molecule has 0 aliphatic carbocycles. The highest BCUT2D eigenvalue weighted by Gasteiger charge is 2.21. The van der Waals surface area contributed by atoms with Crippen molar-refractivity contribution in [1.82, 2.24) is 9.80 Å². The quantitative estimate of drug-likeness (QED) is 0.911. The minimum Gasteiger partial charge on any atom is -0.493 e. The molecule has 1 N–H and O–H groups in total. The van der Waals surface area contributed by atoms with Crippen molar-refractivity contribution in [3.8, 4) is 5.75 Å². The lowest BCUT2D eigenvalue weighted by Gasteiger charge is -2.34. The SMILES string of the molecule is OCCN1CCN(Cc2cc(Cl)cc3c2OCC3)CC1. The molecule has 1 fully saturated rings. The Bertz CT molecular complexity index is 473. The molecule has 0 atom stereocenters. The van der Waals surface area contributed by atoms with Crippen LogP contribution in [-0.2, 0) is 13.0 Å². The molecular weight excluding hydrogens is 276 g/mol. The van der Waals surface area contributed by atoms with E-state index in [0.717, 1.165) is 63.1 Å². The zero-order chi connectivity index (χ0) is 13.9. The molecule has 0 unspecified atom stereocenters. The number of aliphatic hydroxyl groups excluding tert-OH is 1. The van der Waals surface area contributed by atoms with Crippen LogP contribution in [0.1, 0.15) is 11.1 Å². The van der Waals surface area contributed by atoms with E-state index in [0.29, 0.717) is 0 Å². The first-order valence-corrected chi connectivity index (χ1v) is 7.64. The molecular formula is C15H21ClN2O2. The summed E-state index contributed by atoms with van der Waals surface area (Å²) in [4.78, 5) is 4.73. The molecule has 0 aromatic heterocycles. The number of hydrogen-bond donors (Lipinski definition) is 1. The second kappa shape index (κ2) is 6.31. The van der Waals surface area contributed by atoms with Crippen molar-refractivity contribution in [2.24, 2.45) is 0 Å². The van der Waals surface area contributed by atoms with E-state index in [2.05, 4.69) is 9.80 Å². The molecule has 0 saturated carbocycles. The molecule has 2 aliphatic heterocycles. The van der Waals surface area contributed by atoms with E-state index in [1.54, 1.807) is 0 Å². The van der Waals surface area contributed by atoms with Gasteiger partial charge in [-0.15, -0.1) is 0 Å². The summed E-state index contributed by atoms with van der Waals surface area (Å²) in [7, 11) is 0. The minimum atomic E-state index is 0.246.